The van der Waals surface area contributed by atoms with Gasteiger partial charge in [0, 0.05) is 33.8 Å². The van der Waals surface area contributed by atoms with Gasteiger partial charge in [-0.1, -0.05) is 30.8 Å². The minimum atomic E-state index is -0.0996. The Bertz CT molecular complexity index is 1350. The summed E-state index contributed by atoms with van der Waals surface area (Å²) in [5.74, 6) is 1.78. The van der Waals surface area contributed by atoms with Crippen molar-refractivity contribution >= 4 is 45.5 Å². The number of amides is 1. The Kier molecular flexibility index (Phi) is 6.59. The molecule has 1 aliphatic carbocycles. The molecule has 5 rings (SSSR count). The van der Waals surface area contributed by atoms with Gasteiger partial charge in [-0.05, 0) is 61.8 Å². The maximum Gasteiger partial charge on any atom is 0.236 e. The van der Waals surface area contributed by atoms with Gasteiger partial charge in [0.05, 0.1) is 11.4 Å². The SMILES string of the molecule is Cc1ccc(-c2csc(NC(=O)CSc3nnc(-c4csc5c4CCC(C)C5)n3C)n2)cc1C. The Hall–Kier alpha value is -2.49. The molecule has 1 unspecified atom stereocenters. The third-order valence-electron chi connectivity index (χ3n) is 6.36. The Morgan fingerprint density at radius 3 is 2.88 bits per heavy atom. The van der Waals surface area contributed by atoms with Crippen LogP contribution in [0.25, 0.3) is 22.6 Å². The molecule has 1 N–H and O–H groups in total. The largest absolute Gasteiger partial charge is 0.305 e. The molecule has 3 heterocycles. The second-order valence-corrected chi connectivity index (χ2v) is 11.7. The number of fused-ring (bicyclic) bond motifs is 1. The molecule has 3 aromatic heterocycles. The van der Waals surface area contributed by atoms with Gasteiger partial charge in [0.15, 0.2) is 16.1 Å². The molecule has 0 bridgehead atoms. The highest BCUT2D eigenvalue weighted by Gasteiger charge is 2.24. The van der Waals surface area contributed by atoms with Crippen LogP contribution in [-0.2, 0) is 24.7 Å². The number of nitrogens with one attached hydrogen (secondary N) is 1. The number of hydrogen-bond acceptors (Lipinski definition) is 7. The topological polar surface area (TPSA) is 72.7 Å². The first-order valence-corrected chi connectivity index (χ1v) is 14.1. The zero-order valence-corrected chi connectivity index (χ0v) is 22.2. The first-order valence-electron chi connectivity index (χ1n) is 11.3. The number of carbonyl (C=O) groups excluding carboxylic acids is 1. The molecule has 0 radical (unpaired) electrons. The predicted molar refractivity (Wildman–Crippen MR) is 142 cm³/mol. The van der Waals surface area contributed by atoms with E-state index in [0.717, 1.165) is 41.0 Å². The number of hydrogen-bond donors (Lipinski definition) is 1. The van der Waals surface area contributed by atoms with E-state index >= 15 is 0 Å². The molecule has 1 amide bonds. The summed E-state index contributed by atoms with van der Waals surface area (Å²) in [7, 11) is 1.97. The van der Waals surface area contributed by atoms with Gasteiger partial charge in [-0.3, -0.25) is 4.79 Å². The molecule has 4 aromatic rings. The molecule has 1 atom stereocenters. The molecule has 0 saturated carbocycles. The highest BCUT2D eigenvalue weighted by Crippen LogP contribution is 2.38. The van der Waals surface area contributed by atoms with Crippen LogP contribution in [0.15, 0.2) is 34.1 Å². The fraction of sp³-hybridized carbons (Fsp3) is 0.360. The lowest BCUT2D eigenvalue weighted by Gasteiger charge is -2.18. The van der Waals surface area contributed by atoms with E-state index in [4.69, 9.17) is 0 Å². The van der Waals surface area contributed by atoms with Crippen molar-refractivity contribution in [3.63, 3.8) is 0 Å². The van der Waals surface area contributed by atoms with Gasteiger partial charge < -0.3 is 9.88 Å². The Morgan fingerprint density at radius 2 is 2.06 bits per heavy atom. The van der Waals surface area contributed by atoms with E-state index in [0.29, 0.717) is 5.13 Å². The molecule has 1 aliphatic rings. The predicted octanol–water partition coefficient (Wildman–Crippen LogP) is 6.14. The molecule has 6 nitrogen and oxygen atoms in total. The van der Waals surface area contributed by atoms with Gasteiger partial charge in [0.1, 0.15) is 0 Å². The zero-order valence-electron chi connectivity index (χ0n) is 19.7. The van der Waals surface area contributed by atoms with Gasteiger partial charge in [-0.2, -0.15) is 0 Å². The molecule has 0 fully saturated rings. The molecule has 0 saturated heterocycles. The Morgan fingerprint density at radius 1 is 1.21 bits per heavy atom. The summed E-state index contributed by atoms with van der Waals surface area (Å²) >= 11 is 4.67. The second-order valence-electron chi connectivity index (χ2n) is 8.94. The van der Waals surface area contributed by atoms with E-state index < -0.39 is 0 Å². The number of benzene rings is 1. The highest BCUT2D eigenvalue weighted by atomic mass is 32.2. The number of anilines is 1. The molecule has 1 aromatic carbocycles. The second kappa shape index (κ2) is 9.64. The lowest BCUT2D eigenvalue weighted by atomic mass is 9.88. The monoisotopic (exact) mass is 509 g/mol. The molecule has 0 spiro atoms. The summed E-state index contributed by atoms with van der Waals surface area (Å²) in [6.07, 6.45) is 3.48. The van der Waals surface area contributed by atoms with Crippen LogP contribution in [0, 0.1) is 19.8 Å². The van der Waals surface area contributed by atoms with Crippen molar-refractivity contribution in [2.75, 3.05) is 11.1 Å². The van der Waals surface area contributed by atoms with Gasteiger partial charge >= 0.3 is 0 Å². The summed E-state index contributed by atoms with van der Waals surface area (Å²) in [5.41, 5.74) is 7.04. The van der Waals surface area contributed by atoms with Crippen molar-refractivity contribution < 1.29 is 4.79 Å². The summed E-state index contributed by atoms with van der Waals surface area (Å²) < 4.78 is 2.00. The Balaban J connectivity index is 1.22. The summed E-state index contributed by atoms with van der Waals surface area (Å²) in [5, 5.41) is 17.3. The number of thiazole rings is 1. The zero-order chi connectivity index (χ0) is 23.8. The number of rotatable bonds is 6. The molecular formula is C25H27N5OS3. The van der Waals surface area contributed by atoms with Gasteiger partial charge in [0.25, 0.3) is 0 Å². The van der Waals surface area contributed by atoms with E-state index in [1.54, 1.807) is 0 Å². The van der Waals surface area contributed by atoms with E-state index in [1.807, 2.05) is 28.3 Å². The third-order valence-corrected chi connectivity index (χ3v) is 9.19. The third kappa shape index (κ3) is 4.69. The summed E-state index contributed by atoms with van der Waals surface area (Å²) in [6.45, 7) is 6.51. The maximum absolute atomic E-state index is 12.6. The first kappa shape index (κ1) is 23.3. The number of carbonyl (C=O) groups is 1. The van der Waals surface area contributed by atoms with Crippen molar-refractivity contribution in [1.82, 2.24) is 19.7 Å². The standard InChI is InChI=1S/C25H27N5OS3/c1-14-5-8-18-19(11-32-21(18)9-14)23-28-29-25(30(23)4)34-13-22(31)27-24-26-20(12-33-24)17-7-6-15(2)16(3)10-17/h6-7,10-12,14H,5,8-9,13H2,1-4H3,(H,26,27,31). The van der Waals surface area contributed by atoms with Crippen molar-refractivity contribution in [2.45, 2.75) is 45.2 Å². The maximum atomic E-state index is 12.6. The summed E-state index contributed by atoms with van der Waals surface area (Å²) in [6, 6.07) is 6.29. The molecule has 34 heavy (non-hydrogen) atoms. The summed E-state index contributed by atoms with van der Waals surface area (Å²) in [4.78, 5) is 18.7. The van der Waals surface area contributed by atoms with E-state index in [2.05, 4.69) is 64.8 Å². The minimum Gasteiger partial charge on any atom is -0.305 e. The van der Waals surface area contributed by atoms with E-state index in [-0.39, 0.29) is 11.7 Å². The number of nitrogens with zero attached hydrogens (tertiary/aromatic N) is 4. The van der Waals surface area contributed by atoms with Crippen LogP contribution in [0.5, 0.6) is 0 Å². The van der Waals surface area contributed by atoms with Crippen molar-refractivity contribution in [2.24, 2.45) is 13.0 Å². The van der Waals surface area contributed by atoms with Crippen LogP contribution < -0.4 is 5.32 Å². The Labute approximate surface area is 211 Å². The van der Waals surface area contributed by atoms with Crippen LogP contribution in [0.4, 0.5) is 5.13 Å². The normalized spacial score (nSPS) is 15.4. The number of aryl methyl sites for hydroxylation is 2. The van der Waals surface area contributed by atoms with Crippen LogP contribution in [-0.4, -0.2) is 31.4 Å². The van der Waals surface area contributed by atoms with Crippen molar-refractivity contribution in [1.29, 1.82) is 0 Å². The van der Waals surface area contributed by atoms with Crippen LogP contribution in [0.2, 0.25) is 0 Å². The fourth-order valence-corrected chi connectivity index (χ4v) is 6.88. The van der Waals surface area contributed by atoms with Crippen LogP contribution in [0.3, 0.4) is 0 Å². The van der Waals surface area contributed by atoms with Gasteiger partial charge in [0.2, 0.25) is 5.91 Å². The minimum absolute atomic E-state index is 0.0996. The molecular weight excluding hydrogens is 483 g/mol. The molecule has 9 heteroatoms. The van der Waals surface area contributed by atoms with Crippen LogP contribution in [0.1, 0.15) is 34.9 Å². The van der Waals surface area contributed by atoms with E-state index in [1.165, 1.54) is 56.7 Å². The highest BCUT2D eigenvalue weighted by molar-refractivity contribution is 7.99. The molecule has 0 aliphatic heterocycles. The van der Waals surface area contributed by atoms with Crippen LogP contribution >= 0.6 is 34.4 Å². The quantitative estimate of drug-likeness (QED) is 0.316. The fourth-order valence-electron chi connectivity index (χ4n) is 4.19. The average molecular weight is 510 g/mol. The molecule has 176 valence electrons. The number of thiophene rings is 1. The van der Waals surface area contributed by atoms with Crippen molar-refractivity contribution in [3.8, 4) is 22.6 Å². The van der Waals surface area contributed by atoms with E-state index in [9.17, 15) is 4.79 Å². The smallest absolute Gasteiger partial charge is 0.236 e. The first-order chi connectivity index (χ1) is 16.4. The van der Waals surface area contributed by atoms with Gasteiger partial charge in [-0.15, -0.1) is 32.9 Å². The van der Waals surface area contributed by atoms with Crippen molar-refractivity contribution in [3.05, 3.63) is 50.5 Å². The lowest BCUT2D eigenvalue weighted by Crippen LogP contribution is -2.14. The number of aromatic nitrogens is 4. The van der Waals surface area contributed by atoms with Gasteiger partial charge in [-0.25, -0.2) is 4.98 Å². The number of thioether (sulfide) groups is 1. The average Bonchev–Trinajstić information content (AvgIpc) is 3.53. The lowest BCUT2D eigenvalue weighted by molar-refractivity contribution is -0.113.